The number of nitro groups is 1. The molecule has 0 bridgehead atoms. The van der Waals surface area contributed by atoms with Crippen molar-refractivity contribution >= 4 is 15.7 Å². The molecule has 2 aromatic rings. The molecule has 3 rings (SSSR count). The van der Waals surface area contributed by atoms with Crippen LogP contribution in [0.2, 0.25) is 0 Å². The topological polar surface area (TPSA) is 89.8 Å². The minimum absolute atomic E-state index is 0.113. The van der Waals surface area contributed by atoms with Gasteiger partial charge < -0.3 is 4.74 Å². The van der Waals surface area contributed by atoms with Crippen molar-refractivity contribution in [3.63, 3.8) is 0 Å². The van der Waals surface area contributed by atoms with Crippen molar-refractivity contribution in [2.45, 2.75) is 11.1 Å². The van der Waals surface area contributed by atoms with E-state index in [4.69, 9.17) is 4.74 Å². The summed E-state index contributed by atoms with van der Waals surface area (Å²) < 4.78 is 32.4. The quantitative estimate of drug-likeness (QED) is 0.632. The van der Waals surface area contributed by atoms with Gasteiger partial charge >= 0.3 is 0 Å². The lowest BCUT2D eigenvalue weighted by Crippen LogP contribution is -2.31. The standard InChI is InChI=1S/C15H14N2O5S/c18-17(19)13-7-4-8-14(11-13)23(20,21)16-9-10-22-15(16)12-5-2-1-3-6-12/h1-8,11,15H,9-10H2. The summed E-state index contributed by atoms with van der Waals surface area (Å²) in [5.74, 6) is 0. The van der Waals surface area contributed by atoms with Gasteiger partial charge in [0.2, 0.25) is 10.0 Å². The van der Waals surface area contributed by atoms with Gasteiger partial charge in [-0.3, -0.25) is 10.1 Å². The normalized spacial score (nSPS) is 18.9. The van der Waals surface area contributed by atoms with Crippen molar-refractivity contribution < 1.29 is 18.1 Å². The molecule has 0 saturated carbocycles. The fourth-order valence-corrected chi connectivity index (χ4v) is 4.01. The van der Waals surface area contributed by atoms with Gasteiger partial charge in [0.1, 0.15) is 6.23 Å². The van der Waals surface area contributed by atoms with Crippen LogP contribution >= 0.6 is 0 Å². The highest BCUT2D eigenvalue weighted by Crippen LogP contribution is 2.33. The number of nitrogens with zero attached hydrogens (tertiary/aromatic N) is 2. The van der Waals surface area contributed by atoms with Crippen LogP contribution in [0.15, 0.2) is 59.5 Å². The summed E-state index contributed by atoms with van der Waals surface area (Å²) in [6.45, 7) is 0.471. The summed E-state index contributed by atoms with van der Waals surface area (Å²) >= 11 is 0. The van der Waals surface area contributed by atoms with E-state index in [1.54, 1.807) is 24.3 Å². The van der Waals surface area contributed by atoms with Crippen LogP contribution in [0.4, 0.5) is 5.69 Å². The Labute approximate surface area is 133 Å². The van der Waals surface area contributed by atoms with Gasteiger partial charge in [-0.2, -0.15) is 4.31 Å². The van der Waals surface area contributed by atoms with Gasteiger partial charge in [0.25, 0.3) is 5.69 Å². The lowest BCUT2D eigenvalue weighted by Gasteiger charge is -2.22. The van der Waals surface area contributed by atoms with E-state index < -0.39 is 21.2 Å². The first-order valence-corrected chi connectivity index (χ1v) is 8.37. The third-order valence-electron chi connectivity index (χ3n) is 3.57. The summed E-state index contributed by atoms with van der Waals surface area (Å²) in [4.78, 5) is 10.1. The van der Waals surface area contributed by atoms with E-state index in [1.165, 1.54) is 22.5 Å². The van der Waals surface area contributed by atoms with Gasteiger partial charge in [-0.05, 0) is 11.6 Å². The number of benzene rings is 2. The van der Waals surface area contributed by atoms with Crippen LogP contribution < -0.4 is 0 Å². The van der Waals surface area contributed by atoms with Crippen LogP contribution in [0.25, 0.3) is 0 Å². The average molecular weight is 334 g/mol. The predicted molar refractivity (Wildman–Crippen MR) is 82.1 cm³/mol. The fraction of sp³-hybridized carbons (Fsp3) is 0.200. The summed E-state index contributed by atoms with van der Waals surface area (Å²) in [6, 6.07) is 14.0. The first-order chi connectivity index (χ1) is 11.0. The van der Waals surface area contributed by atoms with Crippen molar-refractivity contribution in [1.29, 1.82) is 0 Å². The first-order valence-electron chi connectivity index (χ1n) is 6.93. The molecule has 0 aliphatic carbocycles. The van der Waals surface area contributed by atoms with E-state index >= 15 is 0 Å². The monoisotopic (exact) mass is 334 g/mol. The molecule has 1 heterocycles. The van der Waals surface area contributed by atoms with E-state index in [0.29, 0.717) is 0 Å². The number of ether oxygens (including phenoxy) is 1. The zero-order valence-electron chi connectivity index (χ0n) is 12.0. The van der Waals surface area contributed by atoms with E-state index in [-0.39, 0.29) is 23.7 Å². The summed E-state index contributed by atoms with van der Waals surface area (Å²) in [5.41, 5.74) is 0.460. The molecule has 1 aliphatic rings. The average Bonchev–Trinajstić information content (AvgIpc) is 3.06. The smallest absolute Gasteiger partial charge is 0.270 e. The maximum Gasteiger partial charge on any atom is 0.270 e. The highest BCUT2D eigenvalue weighted by Gasteiger charge is 2.37. The Morgan fingerprint density at radius 3 is 2.57 bits per heavy atom. The lowest BCUT2D eigenvalue weighted by atomic mass is 10.2. The van der Waals surface area contributed by atoms with Crippen molar-refractivity contribution in [3.8, 4) is 0 Å². The zero-order chi connectivity index (χ0) is 16.4. The molecule has 1 atom stereocenters. The Kier molecular flexibility index (Phi) is 4.12. The summed E-state index contributed by atoms with van der Waals surface area (Å²) in [7, 11) is -3.89. The maximum atomic E-state index is 12.8. The van der Waals surface area contributed by atoms with Gasteiger partial charge in [-0.15, -0.1) is 0 Å². The largest absolute Gasteiger partial charge is 0.356 e. The second-order valence-electron chi connectivity index (χ2n) is 5.00. The highest BCUT2D eigenvalue weighted by atomic mass is 32.2. The number of sulfonamides is 1. The molecule has 1 saturated heterocycles. The molecule has 1 fully saturated rings. The molecular formula is C15H14N2O5S. The van der Waals surface area contributed by atoms with Crippen molar-refractivity contribution in [3.05, 3.63) is 70.3 Å². The first kappa shape index (κ1) is 15.6. The highest BCUT2D eigenvalue weighted by molar-refractivity contribution is 7.89. The minimum Gasteiger partial charge on any atom is -0.356 e. The van der Waals surface area contributed by atoms with Crippen LogP contribution in [-0.4, -0.2) is 30.8 Å². The van der Waals surface area contributed by atoms with Gasteiger partial charge in [0.05, 0.1) is 16.4 Å². The molecule has 23 heavy (non-hydrogen) atoms. The number of hydrogen-bond donors (Lipinski definition) is 0. The van der Waals surface area contributed by atoms with Crippen molar-refractivity contribution in [2.75, 3.05) is 13.2 Å². The number of hydrogen-bond acceptors (Lipinski definition) is 5. The summed E-state index contributed by atoms with van der Waals surface area (Å²) in [6.07, 6.45) is -0.722. The number of non-ortho nitro benzene ring substituents is 1. The molecule has 0 N–H and O–H groups in total. The van der Waals surface area contributed by atoms with Gasteiger partial charge in [-0.25, -0.2) is 8.42 Å². The SMILES string of the molecule is O=[N+]([O-])c1cccc(S(=O)(=O)N2CCOC2c2ccccc2)c1. The van der Waals surface area contributed by atoms with Crippen LogP contribution in [0.3, 0.4) is 0 Å². The van der Waals surface area contributed by atoms with Crippen molar-refractivity contribution in [2.24, 2.45) is 0 Å². The number of rotatable bonds is 4. The molecule has 120 valence electrons. The summed E-state index contributed by atoms with van der Waals surface area (Å²) in [5, 5.41) is 10.9. The third kappa shape index (κ3) is 2.96. The Bertz CT molecular complexity index is 823. The molecule has 8 heteroatoms. The van der Waals surface area contributed by atoms with Gasteiger partial charge in [0, 0.05) is 18.7 Å². The van der Waals surface area contributed by atoms with E-state index in [1.807, 2.05) is 6.07 Å². The lowest BCUT2D eigenvalue weighted by molar-refractivity contribution is -0.385. The molecule has 7 nitrogen and oxygen atoms in total. The van der Waals surface area contributed by atoms with E-state index in [2.05, 4.69) is 0 Å². The van der Waals surface area contributed by atoms with E-state index in [9.17, 15) is 18.5 Å². The van der Waals surface area contributed by atoms with Crippen molar-refractivity contribution in [1.82, 2.24) is 4.31 Å². The number of nitro benzene ring substituents is 1. The second-order valence-corrected chi connectivity index (χ2v) is 6.89. The Hall–Kier alpha value is -2.29. The third-order valence-corrected chi connectivity index (χ3v) is 5.41. The Morgan fingerprint density at radius 1 is 1.13 bits per heavy atom. The Balaban J connectivity index is 1.99. The molecular weight excluding hydrogens is 320 g/mol. The molecule has 2 aromatic carbocycles. The Morgan fingerprint density at radius 2 is 1.87 bits per heavy atom. The minimum atomic E-state index is -3.89. The van der Waals surface area contributed by atoms with Crippen LogP contribution in [0.1, 0.15) is 11.8 Å². The molecule has 0 radical (unpaired) electrons. The second kappa shape index (κ2) is 6.07. The van der Waals surface area contributed by atoms with Gasteiger partial charge in [0.15, 0.2) is 0 Å². The molecule has 0 spiro atoms. The maximum absolute atomic E-state index is 12.8. The van der Waals surface area contributed by atoms with Gasteiger partial charge in [-0.1, -0.05) is 36.4 Å². The predicted octanol–water partition coefficient (Wildman–Crippen LogP) is 2.31. The van der Waals surface area contributed by atoms with Crippen LogP contribution in [-0.2, 0) is 14.8 Å². The van der Waals surface area contributed by atoms with Crippen LogP contribution in [0.5, 0.6) is 0 Å². The molecule has 1 aliphatic heterocycles. The molecule has 0 amide bonds. The van der Waals surface area contributed by atoms with E-state index in [0.717, 1.165) is 11.6 Å². The van der Waals surface area contributed by atoms with Crippen LogP contribution in [0, 0.1) is 10.1 Å². The molecule has 0 aromatic heterocycles. The zero-order valence-corrected chi connectivity index (χ0v) is 12.8. The fourth-order valence-electron chi connectivity index (χ4n) is 2.47. The molecule has 1 unspecified atom stereocenters.